The third-order valence-electron chi connectivity index (χ3n) is 4.39. The van der Waals surface area contributed by atoms with E-state index in [1.807, 2.05) is 24.3 Å². The number of hydrogen-bond donors (Lipinski definition) is 2. The van der Waals surface area contributed by atoms with E-state index in [1.165, 1.54) is 11.6 Å². The number of aromatic nitrogens is 1. The number of carboxylic acids is 1. The largest absolute Gasteiger partial charge is 0.477 e. The molecule has 1 heterocycles. The van der Waals surface area contributed by atoms with Crippen molar-refractivity contribution in [1.29, 1.82) is 0 Å². The van der Waals surface area contributed by atoms with Crippen LogP contribution >= 0.6 is 0 Å². The van der Waals surface area contributed by atoms with E-state index >= 15 is 0 Å². The lowest BCUT2D eigenvalue weighted by Crippen LogP contribution is -2.03. The Kier molecular flexibility index (Phi) is 3.05. The second-order valence-corrected chi connectivity index (χ2v) is 5.67. The highest BCUT2D eigenvalue weighted by Gasteiger charge is 2.28. The number of aromatic amines is 1. The maximum absolute atomic E-state index is 14.3. The summed E-state index contributed by atoms with van der Waals surface area (Å²) in [6, 6.07) is 14.2. The van der Waals surface area contributed by atoms with Crippen LogP contribution in [0.3, 0.4) is 0 Å². The summed E-state index contributed by atoms with van der Waals surface area (Å²) in [6.07, 6.45) is 1.52. The summed E-state index contributed by atoms with van der Waals surface area (Å²) in [7, 11) is 0. The van der Waals surface area contributed by atoms with Gasteiger partial charge in [0.15, 0.2) is 0 Å². The number of rotatable bonds is 2. The first kappa shape index (κ1) is 13.8. The molecule has 1 aromatic heterocycles. The monoisotopic (exact) mass is 307 g/mol. The Morgan fingerprint density at radius 2 is 1.70 bits per heavy atom. The molecule has 0 unspecified atom stereocenters. The molecule has 3 nitrogen and oxygen atoms in total. The van der Waals surface area contributed by atoms with Gasteiger partial charge in [0, 0.05) is 16.7 Å². The number of aromatic carboxylic acids is 1. The molecule has 1 aliphatic carbocycles. The van der Waals surface area contributed by atoms with Crippen molar-refractivity contribution in [2.45, 2.75) is 12.8 Å². The zero-order valence-corrected chi connectivity index (χ0v) is 12.3. The molecule has 0 aliphatic heterocycles. The lowest BCUT2D eigenvalue weighted by atomic mass is 9.86. The minimum Gasteiger partial charge on any atom is -0.477 e. The average molecular weight is 307 g/mol. The first-order valence-corrected chi connectivity index (χ1v) is 7.48. The van der Waals surface area contributed by atoms with Gasteiger partial charge in [-0.1, -0.05) is 42.5 Å². The predicted molar refractivity (Wildman–Crippen MR) is 86.0 cm³/mol. The lowest BCUT2D eigenvalue weighted by Gasteiger charge is -2.17. The smallest absolute Gasteiger partial charge is 0.352 e. The van der Waals surface area contributed by atoms with Crippen molar-refractivity contribution in [3.63, 3.8) is 0 Å². The van der Waals surface area contributed by atoms with E-state index in [9.17, 15) is 14.3 Å². The molecule has 4 rings (SSSR count). The second-order valence-electron chi connectivity index (χ2n) is 5.67. The molecule has 0 radical (unpaired) electrons. The van der Waals surface area contributed by atoms with E-state index < -0.39 is 11.8 Å². The standard InChI is InChI=1S/C19H14FNO2/c20-15-8-4-3-7-13(15)16-14-10-9-11-5-1-2-6-12(11)17(14)21-18(16)19(22)23/h1-8,21H,9-10H2,(H,22,23). The van der Waals surface area contributed by atoms with Crippen molar-refractivity contribution in [2.75, 3.05) is 0 Å². The molecule has 23 heavy (non-hydrogen) atoms. The molecular weight excluding hydrogens is 293 g/mol. The zero-order chi connectivity index (χ0) is 16.0. The van der Waals surface area contributed by atoms with Gasteiger partial charge in [-0.25, -0.2) is 9.18 Å². The molecule has 4 heteroatoms. The quantitative estimate of drug-likeness (QED) is 0.742. The SMILES string of the molecule is O=C(O)c1[nH]c2c(c1-c1ccccc1F)CCc1ccccc1-2. The fourth-order valence-electron chi connectivity index (χ4n) is 3.38. The summed E-state index contributed by atoms with van der Waals surface area (Å²) in [4.78, 5) is 14.7. The molecule has 1 aliphatic rings. The molecule has 114 valence electrons. The highest BCUT2D eigenvalue weighted by atomic mass is 19.1. The molecule has 0 atom stereocenters. The maximum atomic E-state index is 14.3. The van der Waals surface area contributed by atoms with Gasteiger partial charge in [-0.3, -0.25) is 0 Å². The van der Waals surface area contributed by atoms with Gasteiger partial charge in [-0.15, -0.1) is 0 Å². The highest BCUT2D eigenvalue weighted by molar-refractivity contribution is 5.98. The van der Waals surface area contributed by atoms with E-state index in [2.05, 4.69) is 4.98 Å². The van der Waals surface area contributed by atoms with Gasteiger partial charge < -0.3 is 10.1 Å². The molecule has 2 N–H and O–H groups in total. The molecule has 3 aromatic rings. The Morgan fingerprint density at radius 1 is 1.00 bits per heavy atom. The fourth-order valence-corrected chi connectivity index (χ4v) is 3.38. The van der Waals surface area contributed by atoms with Crippen LogP contribution in [0.2, 0.25) is 0 Å². The van der Waals surface area contributed by atoms with Gasteiger partial charge in [0.05, 0.1) is 5.69 Å². The third-order valence-corrected chi connectivity index (χ3v) is 4.39. The summed E-state index contributed by atoms with van der Waals surface area (Å²) in [5, 5.41) is 9.56. The number of halogens is 1. The molecule has 0 fully saturated rings. The summed E-state index contributed by atoms with van der Waals surface area (Å²) >= 11 is 0. The number of H-pyrrole nitrogens is 1. The van der Waals surface area contributed by atoms with E-state index in [0.717, 1.165) is 23.2 Å². The van der Waals surface area contributed by atoms with Crippen molar-refractivity contribution >= 4 is 5.97 Å². The number of nitrogens with one attached hydrogen (secondary N) is 1. The van der Waals surface area contributed by atoms with Crippen molar-refractivity contribution in [3.8, 4) is 22.4 Å². The second kappa shape index (κ2) is 5.09. The number of carboxylic acid groups (broad SMARTS) is 1. The minimum absolute atomic E-state index is 0.0526. The lowest BCUT2D eigenvalue weighted by molar-refractivity contribution is 0.0692. The van der Waals surface area contributed by atoms with Crippen LogP contribution in [0.5, 0.6) is 0 Å². The third kappa shape index (κ3) is 2.06. The Bertz CT molecular complexity index is 927. The van der Waals surface area contributed by atoms with Crippen LogP contribution in [-0.4, -0.2) is 16.1 Å². The number of hydrogen-bond acceptors (Lipinski definition) is 1. The van der Waals surface area contributed by atoms with Gasteiger partial charge >= 0.3 is 5.97 Å². The van der Waals surface area contributed by atoms with Crippen LogP contribution in [0, 0.1) is 5.82 Å². The van der Waals surface area contributed by atoms with Crippen molar-refractivity contribution < 1.29 is 14.3 Å². The fraction of sp³-hybridized carbons (Fsp3) is 0.105. The topological polar surface area (TPSA) is 53.1 Å². The first-order valence-electron chi connectivity index (χ1n) is 7.48. The highest BCUT2D eigenvalue weighted by Crippen LogP contribution is 2.41. The van der Waals surface area contributed by atoms with Gasteiger partial charge in [-0.2, -0.15) is 0 Å². The van der Waals surface area contributed by atoms with Crippen LogP contribution < -0.4 is 0 Å². The van der Waals surface area contributed by atoms with Crippen LogP contribution in [-0.2, 0) is 12.8 Å². The normalized spacial score (nSPS) is 12.6. The minimum atomic E-state index is -1.07. The van der Waals surface area contributed by atoms with Gasteiger partial charge in [0.25, 0.3) is 0 Å². The van der Waals surface area contributed by atoms with E-state index in [0.29, 0.717) is 17.5 Å². The summed E-state index contributed by atoms with van der Waals surface area (Å²) in [5.74, 6) is -1.48. The van der Waals surface area contributed by atoms with Crippen LogP contribution in [0.15, 0.2) is 48.5 Å². The van der Waals surface area contributed by atoms with Crippen molar-refractivity contribution in [1.82, 2.24) is 4.98 Å². The predicted octanol–water partition coefficient (Wildman–Crippen LogP) is 4.28. The number of benzene rings is 2. The Morgan fingerprint density at radius 3 is 2.43 bits per heavy atom. The summed E-state index contributed by atoms with van der Waals surface area (Å²) in [6.45, 7) is 0. The van der Waals surface area contributed by atoms with Crippen molar-refractivity contribution in [2.24, 2.45) is 0 Å². The Hall–Kier alpha value is -2.88. The summed E-state index contributed by atoms with van der Waals surface area (Å²) in [5.41, 5.74) is 4.71. The van der Waals surface area contributed by atoms with E-state index in [-0.39, 0.29) is 5.69 Å². The van der Waals surface area contributed by atoms with Gasteiger partial charge in [0.2, 0.25) is 0 Å². The molecule has 0 saturated heterocycles. The number of aryl methyl sites for hydroxylation is 1. The molecule has 0 saturated carbocycles. The van der Waals surface area contributed by atoms with Crippen LogP contribution in [0.4, 0.5) is 4.39 Å². The van der Waals surface area contributed by atoms with E-state index in [1.54, 1.807) is 18.2 Å². The molecule has 2 aromatic carbocycles. The number of fused-ring (bicyclic) bond motifs is 3. The van der Waals surface area contributed by atoms with Crippen LogP contribution in [0.1, 0.15) is 21.6 Å². The number of carbonyl (C=O) groups is 1. The Balaban J connectivity index is 2.04. The van der Waals surface area contributed by atoms with E-state index in [4.69, 9.17) is 0 Å². The molecule has 0 spiro atoms. The maximum Gasteiger partial charge on any atom is 0.352 e. The van der Waals surface area contributed by atoms with Gasteiger partial charge in [-0.05, 0) is 30.0 Å². The summed E-state index contributed by atoms with van der Waals surface area (Å²) < 4.78 is 14.3. The molecular formula is C19H14FNO2. The Labute approximate surface area is 132 Å². The van der Waals surface area contributed by atoms with Crippen LogP contribution in [0.25, 0.3) is 22.4 Å². The average Bonchev–Trinajstić information content (AvgIpc) is 2.95. The zero-order valence-electron chi connectivity index (χ0n) is 12.3. The molecule has 0 bridgehead atoms. The first-order chi connectivity index (χ1) is 11.2. The van der Waals surface area contributed by atoms with Gasteiger partial charge in [0.1, 0.15) is 11.5 Å². The molecule has 0 amide bonds. The van der Waals surface area contributed by atoms with Crippen molar-refractivity contribution in [3.05, 3.63) is 71.2 Å².